The van der Waals surface area contributed by atoms with Gasteiger partial charge in [-0.3, -0.25) is 4.79 Å². The van der Waals surface area contributed by atoms with E-state index in [1.54, 1.807) is 49.5 Å². The van der Waals surface area contributed by atoms with Crippen LogP contribution in [-0.2, 0) is 4.79 Å². The average molecular weight is 287 g/mol. The molecule has 0 unspecified atom stereocenters. The van der Waals surface area contributed by atoms with Crippen molar-refractivity contribution in [2.45, 2.75) is 0 Å². The SMILES string of the molecule is CN1C(=O)/C(=[N+](/[O-])c2ccccc2)c2ccc(Cl)cc21. The van der Waals surface area contributed by atoms with Crippen molar-refractivity contribution in [1.82, 2.24) is 0 Å². The van der Waals surface area contributed by atoms with Gasteiger partial charge in [0.2, 0.25) is 5.69 Å². The Morgan fingerprint density at radius 1 is 1.15 bits per heavy atom. The van der Waals surface area contributed by atoms with Gasteiger partial charge in [-0.05, 0) is 18.2 Å². The monoisotopic (exact) mass is 286 g/mol. The van der Waals surface area contributed by atoms with Crippen LogP contribution in [0, 0.1) is 5.21 Å². The number of hydrogen-bond acceptors (Lipinski definition) is 2. The van der Waals surface area contributed by atoms with Gasteiger partial charge >= 0.3 is 5.91 Å². The molecule has 0 saturated carbocycles. The van der Waals surface area contributed by atoms with E-state index in [1.807, 2.05) is 6.07 Å². The van der Waals surface area contributed by atoms with Crippen molar-refractivity contribution in [2.24, 2.45) is 0 Å². The molecular weight excluding hydrogens is 276 g/mol. The second kappa shape index (κ2) is 4.65. The van der Waals surface area contributed by atoms with Crippen LogP contribution in [0.2, 0.25) is 5.02 Å². The first-order valence-electron chi connectivity index (χ1n) is 6.07. The summed E-state index contributed by atoms with van der Waals surface area (Å²) in [4.78, 5) is 13.7. The molecule has 2 aromatic carbocycles. The Balaban J connectivity index is 2.24. The number of anilines is 1. The molecular formula is C15H11ClN2O2. The van der Waals surface area contributed by atoms with Crippen LogP contribution < -0.4 is 4.90 Å². The lowest BCUT2D eigenvalue weighted by Crippen LogP contribution is -2.29. The lowest BCUT2D eigenvalue weighted by molar-refractivity contribution is -0.359. The standard InChI is InChI=1S/C15H11ClN2O2/c1-17-13-9-10(16)7-8-12(13)14(15(17)19)18(20)11-5-3-2-4-6-11/h2-9H,1H3/b18-14+. The molecule has 5 heteroatoms. The fourth-order valence-corrected chi connectivity index (χ4v) is 2.42. The molecule has 3 rings (SSSR count). The molecule has 20 heavy (non-hydrogen) atoms. The van der Waals surface area contributed by atoms with E-state index in [9.17, 15) is 10.0 Å². The predicted octanol–water partition coefficient (Wildman–Crippen LogP) is 2.95. The largest absolute Gasteiger partial charge is 0.618 e. The van der Waals surface area contributed by atoms with Crippen LogP contribution in [0.4, 0.5) is 11.4 Å². The van der Waals surface area contributed by atoms with Crippen molar-refractivity contribution in [2.75, 3.05) is 11.9 Å². The number of benzene rings is 2. The number of hydrogen-bond donors (Lipinski definition) is 0. The van der Waals surface area contributed by atoms with Crippen LogP contribution in [0.5, 0.6) is 0 Å². The minimum Gasteiger partial charge on any atom is -0.618 e. The first-order chi connectivity index (χ1) is 9.59. The summed E-state index contributed by atoms with van der Waals surface area (Å²) in [6.45, 7) is 0. The van der Waals surface area contributed by atoms with E-state index in [0.717, 1.165) is 0 Å². The number of rotatable bonds is 1. The van der Waals surface area contributed by atoms with E-state index in [-0.39, 0.29) is 11.6 Å². The number of likely N-dealkylation sites (N-methyl/N-ethyl adjacent to an activating group) is 1. The van der Waals surface area contributed by atoms with Gasteiger partial charge in [0.05, 0.1) is 11.3 Å². The van der Waals surface area contributed by atoms with Crippen molar-refractivity contribution >= 4 is 34.6 Å². The molecule has 0 radical (unpaired) electrons. The predicted molar refractivity (Wildman–Crippen MR) is 78.7 cm³/mol. The molecule has 0 N–H and O–H groups in total. The normalized spacial score (nSPS) is 16.3. The van der Waals surface area contributed by atoms with Crippen LogP contribution in [0.15, 0.2) is 48.5 Å². The number of carbonyl (C=O) groups excluding carboxylic acids is 1. The highest BCUT2D eigenvalue weighted by Gasteiger charge is 2.38. The molecule has 100 valence electrons. The number of para-hydroxylation sites is 1. The molecule has 0 aromatic heterocycles. The minimum absolute atomic E-state index is 0.116. The Hall–Kier alpha value is -2.33. The van der Waals surface area contributed by atoms with E-state index in [4.69, 9.17) is 11.6 Å². The van der Waals surface area contributed by atoms with Gasteiger partial charge in [0.1, 0.15) is 0 Å². The molecule has 0 bridgehead atoms. The van der Waals surface area contributed by atoms with Crippen LogP contribution in [0.25, 0.3) is 0 Å². The van der Waals surface area contributed by atoms with Gasteiger partial charge in [0.15, 0.2) is 0 Å². The second-order valence-electron chi connectivity index (χ2n) is 4.50. The first-order valence-corrected chi connectivity index (χ1v) is 6.44. The summed E-state index contributed by atoms with van der Waals surface area (Å²) in [5, 5.41) is 13.0. The summed E-state index contributed by atoms with van der Waals surface area (Å²) < 4.78 is 0.665. The van der Waals surface area contributed by atoms with Gasteiger partial charge < -0.3 is 10.1 Å². The van der Waals surface area contributed by atoms with Gasteiger partial charge in [-0.1, -0.05) is 29.8 Å². The maximum atomic E-state index is 12.4. The molecule has 1 heterocycles. The Bertz CT molecular complexity index is 726. The van der Waals surface area contributed by atoms with E-state index in [0.29, 0.717) is 26.7 Å². The third-order valence-electron chi connectivity index (χ3n) is 3.28. The van der Waals surface area contributed by atoms with Crippen molar-refractivity contribution in [3.63, 3.8) is 0 Å². The summed E-state index contributed by atoms with van der Waals surface area (Å²) in [5.41, 5.74) is 1.78. The van der Waals surface area contributed by atoms with Gasteiger partial charge in [-0.25, -0.2) is 0 Å². The Morgan fingerprint density at radius 3 is 2.55 bits per heavy atom. The van der Waals surface area contributed by atoms with Crippen LogP contribution in [0.3, 0.4) is 0 Å². The zero-order valence-corrected chi connectivity index (χ0v) is 11.5. The summed E-state index contributed by atoms with van der Waals surface area (Å²) in [5.74, 6) is -0.332. The molecule has 4 nitrogen and oxygen atoms in total. The molecule has 0 aliphatic carbocycles. The van der Waals surface area contributed by atoms with Gasteiger partial charge in [0, 0.05) is 24.2 Å². The van der Waals surface area contributed by atoms with Crippen molar-refractivity contribution < 1.29 is 9.53 Å². The van der Waals surface area contributed by atoms with E-state index in [1.165, 1.54) is 4.90 Å². The van der Waals surface area contributed by atoms with E-state index >= 15 is 0 Å². The van der Waals surface area contributed by atoms with Crippen molar-refractivity contribution in [3.05, 3.63) is 64.3 Å². The van der Waals surface area contributed by atoms with Gasteiger partial charge in [-0.15, -0.1) is 0 Å². The zero-order chi connectivity index (χ0) is 14.3. The average Bonchev–Trinajstić information content (AvgIpc) is 2.71. The molecule has 0 spiro atoms. The second-order valence-corrected chi connectivity index (χ2v) is 4.94. The molecule has 1 amide bonds. The van der Waals surface area contributed by atoms with Gasteiger partial charge in [-0.2, -0.15) is 4.74 Å². The smallest absolute Gasteiger partial charge is 0.324 e. The maximum absolute atomic E-state index is 12.4. The van der Waals surface area contributed by atoms with Crippen LogP contribution in [-0.4, -0.2) is 23.4 Å². The topological polar surface area (TPSA) is 46.4 Å². The number of fused-ring (bicyclic) bond motifs is 1. The lowest BCUT2D eigenvalue weighted by atomic mass is 10.1. The summed E-state index contributed by atoms with van der Waals surface area (Å²) in [7, 11) is 1.63. The van der Waals surface area contributed by atoms with Crippen molar-refractivity contribution in [3.8, 4) is 0 Å². The fraction of sp³-hybridized carbons (Fsp3) is 0.0667. The third kappa shape index (κ3) is 1.85. The maximum Gasteiger partial charge on any atom is 0.324 e. The molecule has 0 fully saturated rings. The van der Waals surface area contributed by atoms with Crippen molar-refractivity contribution in [1.29, 1.82) is 0 Å². The Kier molecular flexibility index (Phi) is 2.95. The highest BCUT2D eigenvalue weighted by Crippen LogP contribution is 2.31. The molecule has 1 aliphatic rings. The number of amides is 1. The number of halogens is 1. The fourth-order valence-electron chi connectivity index (χ4n) is 2.25. The molecule has 0 atom stereocenters. The highest BCUT2D eigenvalue weighted by atomic mass is 35.5. The summed E-state index contributed by atoms with van der Waals surface area (Å²) in [6, 6.07) is 13.7. The Labute approximate surface area is 121 Å². The van der Waals surface area contributed by atoms with E-state index in [2.05, 4.69) is 0 Å². The van der Waals surface area contributed by atoms with Crippen LogP contribution in [0.1, 0.15) is 5.56 Å². The number of carbonyl (C=O) groups is 1. The summed E-state index contributed by atoms with van der Waals surface area (Å²) >= 11 is 5.94. The summed E-state index contributed by atoms with van der Waals surface area (Å²) in [6.07, 6.45) is 0. The minimum atomic E-state index is -0.332. The molecule has 1 aliphatic heterocycles. The Morgan fingerprint density at radius 2 is 1.85 bits per heavy atom. The first kappa shape index (κ1) is 12.7. The van der Waals surface area contributed by atoms with Gasteiger partial charge in [0.25, 0.3) is 5.71 Å². The molecule has 2 aromatic rings. The van der Waals surface area contributed by atoms with Crippen LogP contribution >= 0.6 is 11.6 Å². The molecule has 0 saturated heterocycles. The lowest BCUT2D eigenvalue weighted by Gasteiger charge is -2.07. The third-order valence-corrected chi connectivity index (χ3v) is 3.51. The highest BCUT2D eigenvalue weighted by molar-refractivity contribution is 6.53. The zero-order valence-electron chi connectivity index (χ0n) is 10.7. The van der Waals surface area contributed by atoms with E-state index < -0.39 is 0 Å². The number of nitrogens with zero attached hydrogens (tertiary/aromatic N) is 2. The quantitative estimate of drug-likeness (QED) is 0.460.